The second-order valence-electron chi connectivity index (χ2n) is 5.90. The number of ether oxygens (including phenoxy) is 2. The smallest absolute Gasteiger partial charge is 0.466 e. The van der Waals surface area contributed by atoms with Crippen molar-refractivity contribution in [2.45, 2.75) is 52.4 Å². The molecular weight excluding hydrogens is 384 g/mol. The number of carbonyl (C=O) groups is 2. The Morgan fingerprint density at radius 1 is 0.704 bits per heavy atom. The van der Waals surface area contributed by atoms with E-state index in [9.17, 15) is 9.59 Å². The average Bonchev–Trinajstić information content (AvgIpc) is 3.30. The van der Waals surface area contributed by atoms with Crippen molar-refractivity contribution < 1.29 is 36.1 Å². The molecule has 0 heterocycles. The van der Waals surface area contributed by atoms with Crippen LogP contribution in [-0.4, -0.2) is 25.2 Å². The van der Waals surface area contributed by atoms with E-state index < -0.39 is 0 Å². The third-order valence-electron chi connectivity index (χ3n) is 3.77. The molecule has 5 heteroatoms. The van der Waals surface area contributed by atoms with Crippen LogP contribution in [0.5, 0.6) is 0 Å². The third-order valence-corrected chi connectivity index (χ3v) is 3.77. The van der Waals surface area contributed by atoms with E-state index >= 15 is 0 Å². The van der Waals surface area contributed by atoms with Crippen molar-refractivity contribution in [1.29, 1.82) is 0 Å². The summed E-state index contributed by atoms with van der Waals surface area (Å²) >= 11 is 0. The molecule has 0 aromatic heterocycles. The van der Waals surface area contributed by atoms with E-state index in [1.165, 1.54) is 11.8 Å². The SMILES string of the molecule is CCOC(=O)CCC[C]1[CH][CH][CH][CH]1.CCOC(=O)CCC[C]1[CH][CH][CH][CH]1.[Fe+2]. The Bertz CT molecular complexity index is 339. The van der Waals surface area contributed by atoms with Crippen molar-refractivity contribution >= 4 is 11.9 Å². The van der Waals surface area contributed by atoms with Crippen LogP contribution >= 0.6 is 0 Å². The first-order chi connectivity index (χ1) is 12.7. The van der Waals surface area contributed by atoms with Gasteiger partial charge in [-0.05, 0) is 103 Å². The Hall–Kier alpha value is -0.541. The van der Waals surface area contributed by atoms with Gasteiger partial charge < -0.3 is 9.47 Å². The zero-order valence-corrected chi connectivity index (χ0v) is 17.4. The van der Waals surface area contributed by atoms with Crippen molar-refractivity contribution in [2.75, 3.05) is 13.2 Å². The van der Waals surface area contributed by atoms with Crippen LogP contribution in [0, 0.1) is 63.2 Å². The van der Waals surface area contributed by atoms with Crippen LogP contribution in [0.15, 0.2) is 0 Å². The van der Waals surface area contributed by atoms with Gasteiger partial charge in [0.25, 0.3) is 0 Å². The van der Waals surface area contributed by atoms with Crippen molar-refractivity contribution in [3.05, 3.63) is 63.2 Å². The third kappa shape index (κ3) is 14.2. The summed E-state index contributed by atoms with van der Waals surface area (Å²) in [7, 11) is 0. The maximum absolute atomic E-state index is 10.9. The number of rotatable bonds is 10. The Balaban J connectivity index is 0.000000483. The van der Waals surface area contributed by atoms with Crippen molar-refractivity contribution in [1.82, 2.24) is 0 Å². The topological polar surface area (TPSA) is 52.6 Å². The van der Waals surface area contributed by atoms with Crippen LogP contribution in [0.25, 0.3) is 0 Å². The Morgan fingerprint density at radius 2 is 1.04 bits per heavy atom. The summed E-state index contributed by atoms with van der Waals surface area (Å²) in [6.45, 7) is 4.62. The summed E-state index contributed by atoms with van der Waals surface area (Å²) in [5, 5.41) is 0. The van der Waals surface area contributed by atoms with Gasteiger partial charge in [0.05, 0.1) is 13.2 Å². The van der Waals surface area contributed by atoms with Gasteiger partial charge in [0.2, 0.25) is 0 Å². The van der Waals surface area contributed by atoms with Gasteiger partial charge in [-0.3, -0.25) is 9.59 Å². The Kier molecular flexibility index (Phi) is 17.2. The minimum absolute atomic E-state index is 0. The minimum atomic E-state index is -0.0888. The molecule has 0 N–H and O–H groups in total. The summed E-state index contributed by atoms with van der Waals surface area (Å²) in [6, 6.07) is 0. The number of carbonyl (C=O) groups excluding carboxylic acids is 2. The van der Waals surface area contributed by atoms with Crippen molar-refractivity contribution in [3.63, 3.8) is 0 Å². The van der Waals surface area contributed by atoms with Gasteiger partial charge >= 0.3 is 29.0 Å². The number of esters is 2. The van der Waals surface area contributed by atoms with Gasteiger partial charge in [0, 0.05) is 12.8 Å². The van der Waals surface area contributed by atoms with E-state index in [4.69, 9.17) is 9.47 Å². The molecule has 27 heavy (non-hydrogen) atoms. The van der Waals surface area contributed by atoms with Gasteiger partial charge in [0.1, 0.15) is 0 Å². The molecule has 2 aliphatic rings. The fourth-order valence-electron chi connectivity index (χ4n) is 2.50. The molecule has 0 bridgehead atoms. The molecule has 0 aliphatic heterocycles. The summed E-state index contributed by atoms with van der Waals surface area (Å²) in [5.74, 6) is 2.41. The first kappa shape index (κ1) is 26.5. The largest absolute Gasteiger partial charge is 2.00 e. The predicted molar refractivity (Wildman–Crippen MR) is 102 cm³/mol. The zero-order valence-electron chi connectivity index (χ0n) is 16.3. The van der Waals surface area contributed by atoms with Gasteiger partial charge in [0.15, 0.2) is 0 Å². The first-order valence-corrected chi connectivity index (χ1v) is 9.38. The van der Waals surface area contributed by atoms with Crippen molar-refractivity contribution in [2.24, 2.45) is 0 Å². The van der Waals surface area contributed by atoms with E-state index in [0.717, 1.165) is 25.7 Å². The normalized spacial score (nSPS) is 17.0. The summed E-state index contributed by atoms with van der Waals surface area (Å²) in [5.41, 5.74) is 0. The van der Waals surface area contributed by atoms with Crippen LogP contribution in [0.3, 0.4) is 0 Å². The number of hydrogen-bond acceptors (Lipinski definition) is 4. The van der Waals surface area contributed by atoms with Gasteiger partial charge in [-0.1, -0.05) is 0 Å². The fraction of sp³-hybridized carbons (Fsp3) is 0.455. The van der Waals surface area contributed by atoms with Gasteiger partial charge in [-0.2, -0.15) is 0 Å². The molecule has 10 radical (unpaired) electrons. The minimum Gasteiger partial charge on any atom is -0.466 e. The van der Waals surface area contributed by atoms with E-state index in [1.807, 2.05) is 39.5 Å². The second-order valence-corrected chi connectivity index (χ2v) is 5.90. The fourth-order valence-corrected chi connectivity index (χ4v) is 2.50. The van der Waals surface area contributed by atoms with E-state index in [1.54, 1.807) is 0 Å². The molecule has 0 spiro atoms. The Morgan fingerprint density at radius 3 is 1.33 bits per heavy atom. The van der Waals surface area contributed by atoms with Crippen LogP contribution in [0.4, 0.5) is 0 Å². The van der Waals surface area contributed by atoms with Crippen LogP contribution in [0.1, 0.15) is 52.4 Å². The number of hydrogen-bond donors (Lipinski definition) is 0. The molecule has 0 saturated heterocycles. The van der Waals surface area contributed by atoms with Gasteiger partial charge in [-0.15, -0.1) is 0 Å². The Labute approximate surface area is 177 Å². The molecule has 2 saturated carbocycles. The zero-order chi connectivity index (χ0) is 19.0. The molecule has 0 atom stereocenters. The molecule has 2 aliphatic carbocycles. The molecule has 4 nitrogen and oxygen atoms in total. The maximum atomic E-state index is 10.9. The van der Waals surface area contributed by atoms with Crippen molar-refractivity contribution in [3.8, 4) is 0 Å². The molecule has 0 amide bonds. The molecule has 2 fully saturated rings. The summed E-state index contributed by atoms with van der Waals surface area (Å²) in [6.07, 6.45) is 21.1. The molecule has 148 valence electrons. The standard InChI is InChI=1S/2C11H15O2.Fe/c2*1-2-13-11(12)9-5-8-10-6-3-4-7-10;/h2*3-4,6-7H,2,5,8-9H2,1H3;/q;;+2. The molecule has 0 aromatic rings. The van der Waals surface area contributed by atoms with Crippen LogP contribution in [0.2, 0.25) is 0 Å². The summed E-state index contributed by atoms with van der Waals surface area (Å²) in [4.78, 5) is 21.9. The quantitative estimate of drug-likeness (QED) is 0.396. The first-order valence-electron chi connectivity index (χ1n) is 9.38. The molecule has 0 aromatic carbocycles. The van der Waals surface area contributed by atoms with Crippen LogP contribution < -0.4 is 0 Å². The average molecular weight is 414 g/mol. The molecule has 2 rings (SSSR count). The monoisotopic (exact) mass is 414 g/mol. The van der Waals surface area contributed by atoms with Gasteiger partial charge in [-0.25, -0.2) is 0 Å². The van der Waals surface area contributed by atoms with E-state index in [0.29, 0.717) is 26.1 Å². The predicted octanol–water partition coefficient (Wildman–Crippen LogP) is 4.25. The van der Waals surface area contributed by atoms with E-state index in [-0.39, 0.29) is 29.0 Å². The van der Waals surface area contributed by atoms with Crippen LogP contribution in [-0.2, 0) is 36.1 Å². The maximum Gasteiger partial charge on any atom is 2.00 e. The second kappa shape index (κ2) is 17.6. The molecule has 0 unspecified atom stereocenters. The van der Waals surface area contributed by atoms with E-state index in [2.05, 4.69) is 25.7 Å². The summed E-state index contributed by atoms with van der Waals surface area (Å²) < 4.78 is 9.64. The molecular formula is C22H30FeO4+2.